The molecule has 0 atom stereocenters. The van der Waals surface area contributed by atoms with E-state index >= 15 is 0 Å². The van der Waals surface area contributed by atoms with Gasteiger partial charge in [0.1, 0.15) is 5.65 Å². The number of esters is 1. The molecule has 6 heteroatoms. The average molecular weight is 358 g/mol. The number of nitrogens with zero attached hydrogens (tertiary/aromatic N) is 3. The number of aromatic nitrogens is 2. The number of ether oxygens (including phenoxy) is 1. The Balaban J connectivity index is 1.81. The van der Waals surface area contributed by atoms with Crippen molar-refractivity contribution in [2.75, 3.05) is 25.4 Å². The van der Waals surface area contributed by atoms with Gasteiger partial charge in [0.15, 0.2) is 0 Å². The fourth-order valence-corrected chi connectivity index (χ4v) is 3.66. The van der Waals surface area contributed by atoms with Gasteiger partial charge in [-0.25, -0.2) is 4.98 Å². The summed E-state index contributed by atoms with van der Waals surface area (Å²) in [6, 6.07) is 3.87. The minimum absolute atomic E-state index is 0.0334. The SMILES string of the molecule is CCOC(=O)C1CCN(Cc2c(C(C)(C)C)nc3ccc(N)cn23)CC1. The molecule has 1 aliphatic heterocycles. The van der Waals surface area contributed by atoms with Crippen molar-refractivity contribution in [3.8, 4) is 0 Å². The Morgan fingerprint density at radius 1 is 1.31 bits per heavy atom. The molecular weight excluding hydrogens is 328 g/mol. The molecule has 2 aromatic heterocycles. The Labute approximate surface area is 155 Å². The van der Waals surface area contributed by atoms with Crippen molar-refractivity contribution in [2.24, 2.45) is 5.92 Å². The fourth-order valence-electron chi connectivity index (χ4n) is 3.66. The number of piperidine rings is 1. The van der Waals surface area contributed by atoms with Gasteiger partial charge in [0.25, 0.3) is 0 Å². The molecule has 0 amide bonds. The zero-order valence-electron chi connectivity index (χ0n) is 16.3. The lowest BCUT2D eigenvalue weighted by atomic mass is 9.90. The summed E-state index contributed by atoms with van der Waals surface area (Å²) in [5, 5.41) is 0. The zero-order chi connectivity index (χ0) is 18.9. The van der Waals surface area contributed by atoms with Crippen LogP contribution in [-0.2, 0) is 21.5 Å². The number of nitrogens with two attached hydrogens (primary N) is 1. The van der Waals surface area contributed by atoms with Gasteiger partial charge in [0, 0.05) is 23.8 Å². The summed E-state index contributed by atoms with van der Waals surface area (Å²) in [5.74, 6) is -0.0174. The van der Waals surface area contributed by atoms with E-state index in [0.29, 0.717) is 6.61 Å². The molecule has 3 rings (SSSR count). The van der Waals surface area contributed by atoms with E-state index < -0.39 is 0 Å². The molecule has 0 bridgehead atoms. The monoisotopic (exact) mass is 358 g/mol. The predicted molar refractivity (Wildman–Crippen MR) is 103 cm³/mol. The first kappa shape index (κ1) is 18.7. The first-order valence-corrected chi connectivity index (χ1v) is 9.45. The molecule has 2 aromatic rings. The number of pyridine rings is 1. The highest BCUT2D eigenvalue weighted by Crippen LogP contribution is 2.29. The Hall–Kier alpha value is -2.08. The van der Waals surface area contributed by atoms with Crippen LogP contribution in [0, 0.1) is 5.92 Å². The molecule has 2 N–H and O–H groups in total. The molecule has 0 aliphatic carbocycles. The third kappa shape index (κ3) is 3.85. The number of imidazole rings is 1. The van der Waals surface area contributed by atoms with Gasteiger partial charge in [-0.3, -0.25) is 9.69 Å². The molecule has 0 spiro atoms. The summed E-state index contributed by atoms with van der Waals surface area (Å²) in [5.41, 5.74) is 9.93. The van der Waals surface area contributed by atoms with Gasteiger partial charge in [-0.05, 0) is 45.0 Å². The minimum Gasteiger partial charge on any atom is -0.466 e. The summed E-state index contributed by atoms with van der Waals surface area (Å²) in [6.07, 6.45) is 3.66. The van der Waals surface area contributed by atoms with E-state index in [0.717, 1.165) is 49.5 Å². The number of hydrogen-bond donors (Lipinski definition) is 1. The summed E-state index contributed by atoms with van der Waals surface area (Å²) in [7, 11) is 0. The van der Waals surface area contributed by atoms with Crippen LogP contribution in [0.2, 0.25) is 0 Å². The third-order valence-electron chi connectivity index (χ3n) is 5.03. The molecule has 0 aromatic carbocycles. The number of rotatable bonds is 4. The summed E-state index contributed by atoms with van der Waals surface area (Å²) in [4.78, 5) is 19.2. The van der Waals surface area contributed by atoms with Crippen molar-refractivity contribution in [1.29, 1.82) is 0 Å². The highest BCUT2D eigenvalue weighted by atomic mass is 16.5. The molecule has 26 heavy (non-hydrogen) atoms. The highest BCUT2D eigenvalue weighted by Gasteiger charge is 2.29. The summed E-state index contributed by atoms with van der Waals surface area (Å²) in [6.45, 7) is 11.5. The average Bonchev–Trinajstić information content (AvgIpc) is 2.94. The van der Waals surface area contributed by atoms with E-state index in [9.17, 15) is 4.79 Å². The van der Waals surface area contributed by atoms with Crippen molar-refractivity contribution in [1.82, 2.24) is 14.3 Å². The normalized spacial score (nSPS) is 16.9. The number of carbonyl (C=O) groups excluding carboxylic acids is 1. The molecule has 0 radical (unpaired) electrons. The highest BCUT2D eigenvalue weighted by molar-refractivity contribution is 5.72. The Bertz CT molecular complexity index is 783. The molecule has 0 unspecified atom stereocenters. The topological polar surface area (TPSA) is 72.9 Å². The van der Waals surface area contributed by atoms with E-state index in [-0.39, 0.29) is 17.3 Å². The van der Waals surface area contributed by atoms with Gasteiger partial charge in [-0.15, -0.1) is 0 Å². The van der Waals surface area contributed by atoms with Gasteiger partial charge in [-0.1, -0.05) is 20.8 Å². The van der Waals surface area contributed by atoms with Crippen LogP contribution in [0.3, 0.4) is 0 Å². The zero-order valence-corrected chi connectivity index (χ0v) is 16.3. The molecule has 1 aliphatic rings. The predicted octanol–water partition coefficient (Wildman–Crippen LogP) is 2.99. The van der Waals surface area contributed by atoms with Crippen molar-refractivity contribution in [3.05, 3.63) is 29.7 Å². The van der Waals surface area contributed by atoms with Crippen LogP contribution in [0.5, 0.6) is 0 Å². The molecule has 3 heterocycles. The molecular formula is C20H30N4O2. The number of fused-ring (bicyclic) bond motifs is 1. The minimum atomic E-state index is -0.0508. The first-order valence-electron chi connectivity index (χ1n) is 9.45. The van der Waals surface area contributed by atoms with Crippen molar-refractivity contribution >= 4 is 17.3 Å². The summed E-state index contributed by atoms with van der Waals surface area (Å²) >= 11 is 0. The Morgan fingerprint density at radius 3 is 2.62 bits per heavy atom. The Morgan fingerprint density at radius 2 is 2.00 bits per heavy atom. The van der Waals surface area contributed by atoms with Crippen molar-refractivity contribution in [3.63, 3.8) is 0 Å². The number of hydrogen-bond acceptors (Lipinski definition) is 5. The maximum absolute atomic E-state index is 12.0. The summed E-state index contributed by atoms with van der Waals surface area (Å²) < 4.78 is 7.29. The number of anilines is 1. The van der Waals surface area contributed by atoms with Gasteiger partial charge >= 0.3 is 5.97 Å². The lowest BCUT2D eigenvalue weighted by molar-refractivity contribution is -0.149. The first-order chi connectivity index (χ1) is 12.3. The molecule has 0 saturated carbocycles. The van der Waals surface area contributed by atoms with Crippen LogP contribution < -0.4 is 5.73 Å². The van der Waals surface area contributed by atoms with Gasteiger partial charge in [0.2, 0.25) is 0 Å². The second-order valence-corrected chi connectivity index (χ2v) is 8.15. The molecule has 1 saturated heterocycles. The number of likely N-dealkylation sites (tertiary alicyclic amines) is 1. The van der Waals surface area contributed by atoms with Crippen LogP contribution in [0.1, 0.15) is 51.9 Å². The van der Waals surface area contributed by atoms with E-state index in [1.54, 1.807) is 0 Å². The maximum Gasteiger partial charge on any atom is 0.309 e. The van der Waals surface area contributed by atoms with Gasteiger partial charge < -0.3 is 14.9 Å². The number of carbonyl (C=O) groups is 1. The second kappa shape index (κ2) is 7.27. The smallest absolute Gasteiger partial charge is 0.309 e. The van der Waals surface area contributed by atoms with Crippen LogP contribution in [0.25, 0.3) is 5.65 Å². The van der Waals surface area contributed by atoms with Crippen molar-refractivity contribution < 1.29 is 9.53 Å². The standard InChI is InChI=1S/C20H30N4O2/c1-5-26-19(25)14-8-10-23(11-9-14)13-16-18(20(2,3)4)22-17-7-6-15(21)12-24(16)17/h6-7,12,14H,5,8-11,13,21H2,1-4H3. The second-order valence-electron chi connectivity index (χ2n) is 8.15. The van der Waals surface area contributed by atoms with Crippen molar-refractivity contribution in [2.45, 2.75) is 52.5 Å². The van der Waals surface area contributed by atoms with Gasteiger partial charge in [0.05, 0.1) is 23.9 Å². The Kier molecular flexibility index (Phi) is 5.23. The number of nitrogen functional groups attached to an aromatic ring is 1. The molecule has 1 fully saturated rings. The lowest BCUT2D eigenvalue weighted by Gasteiger charge is -2.31. The van der Waals surface area contributed by atoms with E-state index in [1.807, 2.05) is 25.3 Å². The maximum atomic E-state index is 12.0. The van der Waals surface area contributed by atoms with Crippen LogP contribution in [0.15, 0.2) is 18.3 Å². The quantitative estimate of drug-likeness (QED) is 0.851. The van der Waals surface area contributed by atoms with Crippen LogP contribution in [-0.4, -0.2) is 40.0 Å². The largest absolute Gasteiger partial charge is 0.466 e. The molecule has 142 valence electrons. The van der Waals surface area contributed by atoms with Crippen LogP contribution >= 0.6 is 0 Å². The molecule has 6 nitrogen and oxygen atoms in total. The van der Waals surface area contributed by atoms with E-state index in [1.165, 1.54) is 5.69 Å². The van der Waals surface area contributed by atoms with E-state index in [2.05, 4.69) is 30.1 Å². The fraction of sp³-hybridized carbons (Fsp3) is 0.600. The third-order valence-corrected chi connectivity index (χ3v) is 5.03. The van der Waals surface area contributed by atoms with Crippen LogP contribution in [0.4, 0.5) is 5.69 Å². The van der Waals surface area contributed by atoms with E-state index in [4.69, 9.17) is 15.5 Å². The van der Waals surface area contributed by atoms with Gasteiger partial charge in [-0.2, -0.15) is 0 Å². The lowest BCUT2D eigenvalue weighted by Crippen LogP contribution is -2.37.